The van der Waals surface area contributed by atoms with E-state index >= 15 is 0 Å². The van der Waals surface area contributed by atoms with E-state index in [2.05, 4.69) is 74.6 Å². The average Bonchev–Trinajstić information content (AvgIpc) is 3.26. The van der Waals surface area contributed by atoms with E-state index in [1.807, 2.05) is 36.5 Å². The van der Waals surface area contributed by atoms with Gasteiger partial charge in [0.2, 0.25) is 0 Å². The van der Waals surface area contributed by atoms with Crippen molar-refractivity contribution < 1.29 is 56.8 Å². The Morgan fingerprint density at radius 2 is 1.02 bits per heavy atom. The molecule has 0 saturated carbocycles. The van der Waals surface area contributed by atoms with E-state index < -0.39 is 71.2 Å². The SMILES string of the molecule is CC/C=C/C=C/C=C/C=C/CCCCCC(=O)OC(COC(=O)CCCCCCCCCCCC/C=C/C/C=C/C/C=C/C/C=C/CC)CO[C@H]1O[C@H](CS(=O)(=O)O)[C@@H](O)C(O)C1O. The Bertz CT molecular complexity index is 1540. The average molecular weight is 919 g/mol. The van der Waals surface area contributed by atoms with Gasteiger partial charge in [-0.3, -0.25) is 14.1 Å². The van der Waals surface area contributed by atoms with Crippen LogP contribution >= 0.6 is 0 Å². The van der Waals surface area contributed by atoms with Gasteiger partial charge in [-0.05, 0) is 70.6 Å². The van der Waals surface area contributed by atoms with Crippen molar-refractivity contribution >= 4 is 22.1 Å². The minimum Gasteiger partial charge on any atom is -0.462 e. The molecule has 0 aromatic carbocycles. The second-order valence-electron chi connectivity index (χ2n) is 16.1. The van der Waals surface area contributed by atoms with Crippen molar-refractivity contribution in [2.24, 2.45) is 0 Å². The van der Waals surface area contributed by atoms with Crippen LogP contribution in [-0.2, 0) is 38.7 Å². The minimum atomic E-state index is -4.61. The third kappa shape index (κ3) is 34.0. The molecule has 64 heavy (non-hydrogen) atoms. The summed E-state index contributed by atoms with van der Waals surface area (Å²) in [5.74, 6) is -2.05. The number of aliphatic hydroxyl groups excluding tert-OH is 3. The molecule has 1 saturated heterocycles. The van der Waals surface area contributed by atoms with Gasteiger partial charge in [0.05, 0.1) is 6.61 Å². The molecule has 12 nitrogen and oxygen atoms in total. The second-order valence-corrected chi connectivity index (χ2v) is 17.6. The zero-order valence-electron chi connectivity index (χ0n) is 38.8. The van der Waals surface area contributed by atoms with Gasteiger partial charge in [-0.25, -0.2) is 0 Å². The first-order valence-electron chi connectivity index (χ1n) is 23.8. The molecular weight excluding hydrogens is 837 g/mol. The lowest BCUT2D eigenvalue weighted by atomic mass is 10.00. The fourth-order valence-electron chi connectivity index (χ4n) is 6.62. The number of carbonyl (C=O) groups excluding carboxylic acids is 2. The number of ether oxygens (including phenoxy) is 4. The lowest BCUT2D eigenvalue weighted by Crippen LogP contribution is -2.60. The first-order chi connectivity index (χ1) is 31.0. The third-order valence-corrected chi connectivity index (χ3v) is 11.0. The maximum absolute atomic E-state index is 12.8. The summed E-state index contributed by atoms with van der Waals surface area (Å²) in [6, 6.07) is 0. The third-order valence-electron chi connectivity index (χ3n) is 10.3. The van der Waals surface area contributed by atoms with Crippen LogP contribution in [0.4, 0.5) is 0 Å². The molecule has 1 heterocycles. The number of hydrogen-bond acceptors (Lipinski definition) is 11. The number of unbranched alkanes of at least 4 members (excludes halogenated alkanes) is 13. The zero-order valence-corrected chi connectivity index (χ0v) is 39.7. The summed E-state index contributed by atoms with van der Waals surface area (Å²) in [5.41, 5.74) is 0. The highest BCUT2D eigenvalue weighted by Gasteiger charge is 2.46. The van der Waals surface area contributed by atoms with Gasteiger partial charge in [-0.2, -0.15) is 8.42 Å². The van der Waals surface area contributed by atoms with Crippen molar-refractivity contribution in [3.63, 3.8) is 0 Å². The van der Waals surface area contributed by atoms with Crippen molar-refractivity contribution in [2.75, 3.05) is 19.0 Å². The maximum atomic E-state index is 12.8. The lowest BCUT2D eigenvalue weighted by Gasteiger charge is -2.40. The van der Waals surface area contributed by atoms with E-state index in [9.17, 15) is 37.9 Å². The van der Waals surface area contributed by atoms with E-state index in [1.165, 1.54) is 38.5 Å². The van der Waals surface area contributed by atoms with Crippen LogP contribution in [0.25, 0.3) is 0 Å². The molecule has 0 spiro atoms. The van der Waals surface area contributed by atoms with E-state index in [0.717, 1.165) is 77.0 Å². The molecule has 364 valence electrons. The largest absolute Gasteiger partial charge is 0.462 e. The van der Waals surface area contributed by atoms with Crippen molar-refractivity contribution in [1.29, 1.82) is 0 Å². The van der Waals surface area contributed by atoms with Gasteiger partial charge in [-0.15, -0.1) is 0 Å². The van der Waals surface area contributed by atoms with Crippen LogP contribution in [0, 0.1) is 0 Å². The molecule has 6 atom stereocenters. The first kappa shape index (κ1) is 58.6. The van der Waals surface area contributed by atoms with Crippen molar-refractivity contribution in [2.45, 2.75) is 192 Å². The highest BCUT2D eigenvalue weighted by Crippen LogP contribution is 2.24. The van der Waals surface area contributed by atoms with Crippen molar-refractivity contribution in [3.05, 3.63) is 97.2 Å². The minimum absolute atomic E-state index is 0.112. The molecule has 1 aliphatic heterocycles. The summed E-state index contributed by atoms with van der Waals surface area (Å²) in [5, 5.41) is 30.9. The smallest absolute Gasteiger partial charge is 0.306 e. The van der Waals surface area contributed by atoms with Crippen LogP contribution in [0.15, 0.2) is 97.2 Å². The fourth-order valence-corrected chi connectivity index (χ4v) is 7.31. The number of aliphatic hydroxyl groups is 3. The molecule has 4 N–H and O–H groups in total. The van der Waals surface area contributed by atoms with Crippen LogP contribution in [0.5, 0.6) is 0 Å². The van der Waals surface area contributed by atoms with E-state index in [1.54, 1.807) is 0 Å². The molecule has 0 aliphatic carbocycles. The Kier molecular flexibility index (Phi) is 36.5. The first-order valence-corrected chi connectivity index (χ1v) is 25.5. The number of carbonyl (C=O) groups is 2. The molecule has 1 fully saturated rings. The summed E-state index contributed by atoms with van der Waals surface area (Å²) in [6.07, 6.45) is 44.6. The Balaban J connectivity index is 2.39. The van der Waals surface area contributed by atoms with Crippen LogP contribution in [0.1, 0.15) is 155 Å². The standard InChI is InChI=1S/C51H82O12S/c1-3-5-7-9-11-13-15-17-18-19-20-21-22-23-24-25-26-28-29-31-33-35-37-39-46(52)60-41-44(42-61-51-50(56)49(55)48(54)45(63-51)43-64(57,58)59)62-47(53)40-38-36-34-32-30-27-16-14-12-10-8-6-4-2/h5-8,10-14,16-18,20-21,27,30,44-45,48-51,54-56H,3-4,9,15,19,22-26,28-29,31-43H2,1-2H3,(H,57,58,59)/b7-5+,8-6+,12-10+,13-11+,16-14+,18-17+,21-20+,30-27+/t44?,45-,48-,49?,50?,51+/m1/s1. The van der Waals surface area contributed by atoms with Gasteiger partial charge >= 0.3 is 11.9 Å². The Morgan fingerprint density at radius 1 is 0.547 bits per heavy atom. The molecule has 0 radical (unpaired) electrons. The van der Waals surface area contributed by atoms with E-state index in [-0.39, 0.29) is 19.4 Å². The summed E-state index contributed by atoms with van der Waals surface area (Å²) < 4.78 is 54.1. The molecular formula is C51H82O12S. The van der Waals surface area contributed by atoms with Crippen LogP contribution in [0.2, 0.25) is 0 Å². The predicted octanol–water partition coefficient (Wildman–Crippen LogP) is 10.2. The summed E-state index contributed by atoms with van der Waals surface area (Å²) in [6.45, 7) is 3.46. The van der Waals surface area contributed by atoms with Crippen molar-refractivity contribution in [1.82, 2.24) is 0 Å². The van der Waals surface area contributed by atoms with Crippen LogP contribution in [0.3, 0.4) is 0 Å². The fraction of sp³-hybridized carbons (Fsp3) is 0.647. The second kappa shape index (κ2) is 39.9. The van der Waals surface area contributed by atoms with E-state index in [4.69, 9.17) is 18.9 Å². The predicted molar refractivity (Wildman–Crippen MR) is 256 cm³/mol. The molecule has 1 aliphatic rings. The zero-order chi connectivity index (χ0) is 46.9. The maximum Gasteiger partial charge on any atom is 0.306 e. The van der Waals surface area contributed by atoms with Crippen LogP contribution in [-0.4, -0.2) is 96.0 Å². The highest BCUT2D eigenvalue weighted by atomic mass is 32.2. The number of esters is 2. The number of rotatable bonds is 38. The topological polar surface area (TPSA) is 186 Å². The number of hydrogen-bond donors (Lipinski definition) is 4. The molecule has 13 heteroatoms. The molecule has 3 unspecified atom stereocenters. The van der Waals surface area contributed by atoms with Crippen molar-refractivity contribution in [3.8, 4) is 0 Å². The van der Waals surface area contributed by atoms with Gasteiger partial charge in [-0.1, -0.05) is 169 Å². The van der Waals surface area contributed by atoms with Gasteiger partial charge in [0.1, 0.15) is 36.8 Å². The van der Waals surface area contributed by atoms with E-state index in [0.29, 0.717) is 12.8 Å². The van der Waals surface area contributed by atoms with Crippen LogP contribution < -0.4 is 0 Å². The molecule has 0 bridgehead atoms. The molecule has 0 aromatic heterocycles. The molecule has 0 amide bonds. The van der Waals surface area contributed by atoms with Gasteiger partial charge in [0.15, 0.2) is 12.4 Å². The van der Waals surface area contributed by atoms with Gasteiger partial charge in [0, 0.05) is 12.8 Å². The Morgan fingerprint density at radius 3 is 1.59 bits per heavy atom. The Labute approximate surface area is 385 Å². The summed E-state index contributed by atoms with van der Waals surface area (Å²) in [7, 11) is -4.61. The summed E-state index contributed by atoms with van der Waals surface area (Å²) in [4.78, 5) is 25.4. The lowest BCUT2D eigenvalue weighted by molar-refractivity contribution is -0.297. The number of allylic oxidation sites excluding steroid dienone is 16. The molecule has 1 rings (SSSR count). The molecule has 0 aromatic rings. The quantitative estimate of drug-likeness (QED) is 0.0151. The normalized spacial score (nSPS) is 20.5. The summed E-state index contributed by atoms with van der Waals surface area (Å²) >= 11 is 0. The van der Waals surface area contributed by atoms with Gasteiger partial charge < -0.3 is 34.3 Å². The monoisotopic (exact) mass is 919 g/mol. The van der Waals surface area contributed by atoms with Gasteiger partial charge in [0.25, 0.3) is 10.1 Å². The highest BCUT2D eigenvalue weighted by molar-refractivity contribution is 7.85. The Hall–Kier alpha value is -3.43.